The van der Waals surface area contributed by atoms with Gasteiger partial charge in [0.15, 0.2) is 0 Å². The summed E-state index contributed by atoms with van der Waals surface area (Å²) in [5, 5.41) is 29.3. The molecular formula is C34H37N7O3. The van der Waals surface area contributed by atoms with Crippen LogP contribution in [0.1, 0.15) is 82.2 Å². The van der Waals surface area contributed by atoms with E-state index in [4.69, 9.17) is 4.42 Å². The Morgan fingerprint density at radius 2 is 1.98 bits per heavy atom. The SMILES string of the molecule is Cc1nnc(N2CCC(c3ccc(NC4CCc5cccc(C6(C)C=CC=C(n7cc(C(=O)O)cn7)N6)c54)c(C)c3)CC2)o1. The first-order valence-electron chi connectivity index (χ1n) is 15.3. The number of piperidine rings is 1. The van der Waals surface area contributed by atoms with Crippen LogP contribution in [0.2, 0.25) is 0 Å². The number of nitrogens with one attached hydrogen (secondary N) is 2. The van der Waals surface area contributed by atoms with Crippen LogP contribution >= 0.6 is 0 Å². The van der Waals surface area contributed by atoms with E-state index in [0.717, 1.165) is 50.3 Å². The Bertz CT molecular complexity index is 1780. The van der Waals surface area contributed by atoms with Gasteiger partial charge in [-0.2, -0.15) is 5.10 Å². The average Bonchev–Trinajstić information content (AvgIpc) is 3.79. The molecule has 0 saturated carbocycles. The van der Waals surface area contributed by atoms with E-state index >= 15 is 0 Å². The number of rotatable bonds is 7. The van der Waals surface area contributed by atoms with E-state index in [-0.39, 0.29) is 11.6 Å². The second-order valence-electron chi connectivity index (χ2n) is 12.3. The lowest BCUT2D eigenvalue weighted by Gasteiger charge is -2.35. The van der Waals surface area contributed by atoms with Crippen molar-refractivity contribution in [1.82, 2.24) is 25.3 Å². The quantitative estimate of drug-likeness (QED) is 0.240. The first-order chi connectivity index (χ1) is 21.3. The van der Waals surface area contributed by atoms with Crippen molar-refractivity contribution in [2.45, 2.75) is 64.0 Å². The smallest absolute Gasteiger partial charge is 0.338 e. The molecule has 3 aliphatic rings. The number of dihydropyridines is 1. The predicted molar refractivity (Wildman–Crippen MR) is 169 cm³/mol. The topological polar surface area (TPSA) is 121 Å². The van der Waals surface area contributed by atoms with Gasteiger partial charge in [0.2, 0.25) is 5.89 Å². The summed E-state index contributed by atoms with van der Waals surface area (Å²) in [6, 6.07) is 14.3. The van der Waals surface area contributed by atoms with Crippen molar-refractivity contribution in [1.29, 1.82) is 0 Å². The van der Waals surface area contributed by atoms with Crippen LogP contribution in [-0.4, -0.2) is 44.1 Å². The van der Waals surface area contributed by atoms with Gasteiger partial charge >= 0.3 is 12.0 Å². The largest absolute Gasteiger partial charge is 0.478 e. The molecule has 226 valence electrons. The lowest BCUT2D eigenvalue weighted by Crippen LogP contribution is -2.40. The number of hydrogen-bond acceptors (Lipinski definition) is 8. The summed E-state index contributed by atoms with van der Waals surface area (Å²) in [5.41, 5.74) is 7.34. The summed E-state index contributed by atoms with van der Waals surface area (Å²) in [5.74, 6) is 0.844. The highest BCUT2D eigenvalue weighted by Gasteiger charge is 2.35. The maximum Gasteiger partial charge on any atom is 0.338 e. The second kappa shape index (κ2) is 11.0. The third-order valence-electron chi connectivity index (χ3n) is 9.29. The molecule has 1 saturated heterocycles. The Hall–Kier alpha value is -4.86. The molecule has 2 aromatic heterocycles. The highest BCUT2D eigenvalue weighted by molar-refractivity contribution is 5.87. The van der Waals surface area contributed by atoms with E-state index in [1.54, 1.807) is 4.68 Å². The molecule has 4 aromatic rings. The Labute approximate surface area is 256 Å². The number of aryl methyl sites for hydroxylation is 3. The van der Waals surface area contributed by atoms with Gasteiger partial charge in [-0.25, -0.2) is 9.48 Å². The van der Waals surface area contributed by atoms with E-state index in [1.165, 1.54) is 40.2 Å². The standard InChI is InChI=1S/C34H37N7O3/c1-21-18-25(23-13-16-40(17-14-23)33-39-38-22(2)44-33)10-11-28(21)36-29-12-9-24-6-4-7-27(31(24)29)34(3)15-5-8-30(37-34)41-20-26(19-35-41)32(42)43/h4-8,10-11,15,18-20,23,29,36-37H,9,12-14,16-17H2,1-3H3,(H,42,43). The summed E-state index contributed by atoms with van der Waals surface area (Å²) in [4.78, 5) is 13.6. The molecule has 0 amide bonds. The molecule has 10 heteroatoms. The fraction of sp³-hybridized carbons (Fsp3) is 0.353. The van der Waals surface area contributed by atoms with E-state index in [0.29, 0.717) is 17.8 Å². The minimum atomic E-state index is -0.995. The maximum absolute atomic E-state index is 11.4. The number of benzene rings is 2. The molecule has 1 aliphatic carbocycles. The molecule has 2 aromatic carbocycles. The van der Waals surface area contributed by atoms with Gasteiger partial charge in [0.1, 0.15) is 5.82 Å². The van der Waals surface area contributed by atoms with Crippen molar-refractivity contribution in [2.24, 2.45) is 0 Å². The monoisotopic (exact) mass is 591 g/mol. The number of aromatic nitrogens is 4. The number of aromatic carboxylic acids is 1. The normalized spacial score (nSPS) is 21.6. The fourth-order valence-corrected chi connectivity index (χ4v) is 6.93. The highest BCUT2D eigenvalue weighted by Crippen LogP contribution is 2.42. The van der Waals surface area contributed by atoms with Crippen molar-refractivity contribution in [2.75, 3.05) is 23.3 Å². The molecular weight excluding hydrogens is 554 g/mol. The van der Waals surface area contributed by atoms with Gasteiger partial charge in [-0.3, -0.25) is 0 Å². The number of hydrogen-bond donors (Lipinski definition) is 3. The number of allylic oxidation sites excluding steroid dienone is 2. The molecule has 44 heavy (non-hydrogen) atoms. The molecule has 3 N–H and O–H groups in total. The van der Waals surface area contributed by atoms with Crippen molar-refractivity contribution in [3.8, 4) is 0 Å². The molecule has 2 aliphatic heterocycles. The third-order valence-corrected chi connectivity index (χ3v) is 9.29. The van der Waals surface area contributed by atoms with Crippen molar-refractivity contribution >= 4 is 23.5 Å². The first-order valence-corrected chi connectivity index (χ1v) is 15.3. The van der Waals surface area contributed by atoms with Crippen molar-refractivity contribution in [3.05, 3.63) is 106 Å². The van der Waals surface area contributed by atoms with Gasteiger partial charge in [0.05, 0.1) is 23.3 Å². The van der Waals surface area contributed by atoms with Gasteiger partial charge in [-0.05, 0) is 85.4 Å². The minimum absolute atomic E-state index is 0.152. The highest BCUT2D eigenvalue weighted by atomic mass is 16.4. The first kappa shape index (κ1) is 27.9. The van der Waals surface area contributed by atoms with Crippen LogP contribution in [0, 0.1) is 13.8 Å². The molecule has 0 radical (unpaired) electrons. The van der Waals surface area contributed by atoms with Crippen LogP contribution < -0.4 is 15.5 Å². The van der Waals surface area contributed by atoms with Gasteiger partial charge in [0, 0.05) is 31.9 Å². The van der Waals surface area contributed by atoms with E-state index in [2.05, 4.69) is 87.2 Å². The van der Waals surface area contributed by atoms with Gasteiger partial charge in [-0.1, -0.05) is 47.6 Å². The average molecular weight is 592 g/mol. The number of fused-ring (bicyclic) bond motifs is 1. The van der Waals surface area contributed by atoms with Crippen LogP contribution in [0.15, 0.2) is 71.4 Å². The molecule has 10 nitrogen and oxygen atoms in total. The number of nitrogens with zero attached hydrogens (tertiary/aromatic N) is 5. The summed E-state index contributed by atoms with van der Waals surface area (Å²) < 4.78 is 7.22. The van der Waals surface area contributed by atoms with Crippen LogP contribution in [-0.2, 0) is 12.0 Å². The molecule has 1 fully saturated rings. The van der Waals surface area contributed by atoms with Crippen LogP contribution in [0.3, 0.4) is 0 Å². The second-order valence-corrected chi connectivity index (χ2v) is 12.3. The molecule has 4 heterocycles. The summed E-state index contributed by atoms with van der Waals surface area (Å²) >= 11 is 0. The van der Waals surface area contributed by atoms with Gasteiger partial charge in [-0.15, -0.1) is 5.10 Å². The van der Waals surface area contributed by atoms with Crippen LogP contribution in [0.4, 0.5) is 11.7 Å². The van der Waals surface area contributed by atoms with E-state index in [9.17, 15) is 9.90 Å². The Kier molecular flexibility index (Phi) is 6.99. The summed E-state index contributed by atoms with van der Waals surface area (Å²) in [7, 11) is 0. The molecule has 0 spiro atoms. The lowest BCUT2D eigenvalue weighted by atomic mass is 9.84. The number of anilines is 2. The van der Waals surface area contributed by atoms with E-state index in [1.807, 2.05) is 19.1 Å². The Morgan fingerprint density at radius 1 is 1.14 bits per heavy atom. The molecule has 0 bridgehead atoms. The zero-order valence-corrected chi connectivity index (χ0v) is 25.2. The lowest BCUT2D eigenvalue weighted by molar-refractivity contribution is 0.0697. The molecule has 7 rings (SSSR count). The van der Waals surface area contributed by atoms with Crippen molar-refractivity contribution < 1.29 is 14.3 Å². The maximum atomic E-state index is 11.4. The fourth-order valence-electron chi connectivity index (χ4n) is 6.93. The third kappa shape index (κ3) is 5.14. The zero-order valence-electron chi connectivity index (χ0n) is 25.2. The predicted octanol–water partition coefficient (Wildman–Crippen LogP) is 5.94. The van der Waals surface area contributed by atoms with Crippen LogP contribution in [0.25, 0.3) is 5.82 Å². The minimum Gasteiger partial charge on any atom is -0.478 e. The summed E-state index contributed by atoms with van der Waals surface area (Å²) in [6.07, 6.45) is 13.1. The number of carbonyl (C=O) groups is 1. The Balaban J connectivity index is 1.08. The zero-order chi connectivity index (χ0) is 30.4. The van der Waals surface area contributed by atoms with E-state index < -0.39 is 11.5 Å². The molecule has 2 unspecified atom stereocenters. The number of carboxylic acid groups (broad SMARTS) is 1. The van der Waals surface area contributed by atoms with Gasteiger partial charge < -0.3 is 25.1 Å². The summed E-state index contributed by atoms with van der Waals surface area (Å²) in [6.45, 7) is 8.00. The number of carboxylic acids is 1. The van der Waals surface area contributed by atoms with Crippen molar-refractivity contribution in [3.63, 3.8) is 0 Å². The van der Waals surface area contributed by atoms with Crippen LogP contribution in [0.5, 0.6) is 0 Å². The molecule has 2 atom stereocenters. The Morgan fingerprint density at radius 3 is 2.70 bits per heavy atom. The van der Waals surface area contributed by atoms with Gasteiger partial charge in [0.25, 0.3) is 0 Å².